The summed E-state index contributed by atoms with van der Waals surface area (Å²) >= 11 is 13.1. The van der Waals surface area contributed by atoms with Crippen molar-refractivity contribution in [1.29, 1.82) is 0 Å². The maximum absolute atomic E-state index is 11.4. The summed E-state index contributed by atoms with van der Waals surface area (Å²) in [5.41, 5.74) is 3.08. The van der Waals surface area contributed by atoms with Crippen molar-refractivity contribution in [2.75, 3.05) is 19.7 Å². The van der Waals surface area contributed by atoms with Crippen LogP contribution in [0.3, 0.4) is 0 Å². The van der Waals surface area contributed by atoms with E-state index >= 15 is 0 Å². The number of nitrogens with zero attached hydrogens (tertiary/aromatic N) is 2. The minimum absolute atomic E-state index is 0. The van der Waals surface area contributed by atoms with Crippen LogP contribution in [0, 0.1) is 0 Å². The summed E-state index contributed by atoms with van der Waals surface area (Å²) in [4.78, 5) is 12.9. The number of aromatic nitrogens is 1. The Kier molecular flexibility index (Phi) is 7.41. The SMILES string of the molecule is O=C(O)N1CCc2c(n(CCOc3ccccc3)c3c(Cl)ccc(Cl)c23)CC1.[NaH]. The number of carboxylic acid groups (broad SMARTS) is 1. The van der Waals surface area contributed by atoms with Crippen LogP contribution in [-0.2, 0) is 19.4 Å². The zero-order valence-electron chi connectivity index (χ0n) is 15.2. The Morgan fingerprint density at radius 2 is 1.72 bits per heavy atom. The van der Waals surface area contributed by atoms with Gasteiger partial charge in [0.05, 0.1) is 22.1 Å². The second-order valence-corrected chi connectivity index (χ2v) is 7.58. The molecule has 2 heterocycles. The molecule has 0 bridgehead atoms. The fourth-order valence-electron chi connectivity index (χ4n) is 3.90. The number of carbonyl (C=O) groups is 1. The molecule has 1 aliphatic heterocycles. The van der Waals surface area contributed by atoms with Gasteiger partial charge in [0.25, 0.3) is 0 Å². The molecule has 0 radical (unpaired) electrons. The zero-order chi connectivity index (χ0) is 19.7. The van der Waals surface area contributed by atoms with E-state index in [4.69, 9.17) is 27.9 Å². The molecule has 1 N–H and O–H groups in total. The van der Waals surface area contributed by atoms with Gasteiger partial charge in [0, 0.05) is 30.6 Å². The fourth-order valence-corrected chi connectivity index (χ4v) is 4.42. The van der Waals surface area contributed by atoms with Crippen LogP contribution >= 0.6 is 23.2 Å². The van der Waals surface area contributed by atoms with Gasteiger partial charge in [0.15, 0.2) is 0 Å². The van der Waals surface area contributed by atoms with E-state index in [2.05, 4.69) is 4.57 Å². The van der Waals surface area contributed by atoms with Gasteiger partial charge in [-0.15, -0.1) is 0 Å². The molecule has 1 aliphatic rings. The average Bonchev–Trinajstić information content (AvgIpc) is 2.85. The first-order valence-corrected chi connectivity index (χ1v) is 9.95. The van der Waals surface area contributed by atoms with Gasteiger partial charge in [-0.1, -0.05) is 41.4 Å². The Labute approximate surface area is 201 Å². The zero-order valence-corrected chi connectivity index (χ0v) is 16.7. The van der Waals surface area contributed by atoms with Gasteiger partial charge in [0.2, 0.25) is 0 Å². The van der Waals surface area contributed by atoms with Gasteiger partial charge >= 0.3 is 35.7 Å². The Bertz CT molecular complexity index is 1020. The van der Waals surface area contributed by atoms with Crippen molar-refractivity contribution in [1.82, 2.24) is 9.47 Å². The summed E-state index contributed by atoms with van der Waals surface area (Å²) in [6.07, 6.45) is 0.344. The molecule has 5 nitrogen and oxygen atoms in total. The van der Waals surface area contributed by atoms with Gasteiger partial charge < -0.3 is 19.3 Å². The Morgan fingerprint density at radius 1 is 1.03 bits per heavy atom. The fraction of sp³-hybridized carbons (Fsp3) is 0.286. The van der Waals surface area contributed by atoms with Crippen molar-refractivity contribution >= 4 is 69.8 Å². The molecule has 0 fully saturated rings. The molecule has 3 aromatic rings. The van der Waals surface area contributed by atoms with E-state index in [9.17, 15) is 9.90 Å². The molecule has 0 spiro atoms. The monoisotopic (exact) mass is 442 g/mol. The molecule has 4 rings (SSSR count). The topological polar surface area (TPSA) is 54.7 Å². The number of halogens is 2. The summed E-state index contributed by atoms with van der Waals surface area (Å²) in [5, 5.41) is 11.6. The van der Waals surface area contributed by atoms with Gasteiger partial charge in [-0.05, 0) is 36.2 Å². The van der Waals surface area contributed by atoms with Gasteiger partial charge in [-0.2, -0.15) is 0 Å². The molecule has 8 heteroatoms. The van der Waals surface area contributed by atoms with Crippen LogP contribution in [0.2, 0.25) is 10.0 Å². The van der Waals surface area contributed by atoms with E-state index in [-0.39, 0.29) is 29.6 Å². The standard InChI is InChI=1S/C21H20Cl2N2O3.Na.H/c22-16-6-7-17(23)20-19(16)15-8-10-24(21(26)27)11-9-18(15)25(20)12-13-28-14-4-2-1-3-5-14;;/h1-7H,8-13H2,(H,26,27);;. The molecular formula is C21H21Cl2N2NaO3. The summed E-state index contributed by atoms with van der Waals surface area (Å²) < 4.78 is 8.02. The van der Waals surface area contributed by atoms with Crippen molar-refractivity contribution in [2.24, 2.45) is 0 Å². The molecule has 148 valence electrons. The van der Waals surface area contributed by atoms with Gasteiger partial charge in [-0.25, -0.2) is 4.79 Å². The van der Waals surface area contributed by atoms with E-state index in [0.717, 1.165) is 27.9 Å². The normalized spacial score (nSPS) is 13.5. The number of rotatable bonds is 4. The predicted octanol–water partition coefficient (Wildman–Crippen LogP) is 4.46. The second kappa shape index (κ2) is 9.63. The van der Waals surface area contributed by atoms with Crippen molar-refractivity contribution in [3.8, 4) is 5.75 Å². The van der Waals surface area contributed by atoms with E-state index in [1.54, 1.807) is 6.07 Å². The number of para-hydroxylation sites is 1. The molecule has 1 amide bonds. The van der Waals surface area contributed by atoms with Crippen LogP contribution in [0.5, 0.6) is 5.75 Å². The number of benzene rings is 2. The van der Waals surface area contributed by atoms with Crippen LogP contribution in [0.25, 0.3) is 10.9 Å². The maximum atomic E-state index is 11.4. The first kappa shape index (κ1) is 22.3. The molecule has 0 saturated carbocycles. The quantitative estimate of drug-likeness (QED) is 0.606. The van der Waals surface area contributed by atoms with Gasteiger partial charge in [-0.3, -0.25) is 0 Å². The molecule has 29 heavy (non-hydrogen) atoms. The molecule has 0 unspecified atom stereocenters. The molecular weight excluding hydrogens is 422 g/mol. The van der Waals surface area contributed by atoms with Gasteiger partial charge in [0.1, 0.15) is 12.4 Å². The van der Waals surface area contributed by atoms with Crippen LogP contribution in [0.4, 0.5) is 4.79 Å². The Balaban J connectivity index is 0.00000240. The number of fused-ring (bicyclic) bond motifs is 3. The van der Waals surface area contributed by atoms with E-state index < -0.39 is 6.09 Å². The van der Waals surface area contributed by atoms with E-state index in [0.29, 0.717) is 49.1 Å². The number of hydrogen-bond donors (Lipinski definition) is 1. The number of amides is 1. The van der Waals surface area contributed by atoms with E-state index in [1.807, 2.05) is 36.4 Å². The average molecular weight is 443 g/mol. The third-order valence-corrected chi connectivity index (χ3v) is 5.79. The molecule has 1 aromatic heterocycles. The first-order chi connectivity index (χ1) is 13.6. The van der Waals surface area contributed by atoms with Crippen LogP contribution in [0.15, 0.2) is 42.5 Å². The Hall–Kier alpha value is -1.37. The van der Waals surface area contributed by atoms with Crippen molar-refractivity contribution in [3.63, 3.8) is 0 Å². The van der Waals surface area contributed by atoms with Crippen molar-refractivity contribution in [3.05, 3.63) is 63.8 Å². The van der Waals surface area contributed by atoms with Crippen molar-refractivity contribution in [2.45, 2.75) is 19.4 Å². The summed E-state index contributed by atoms with van der Waals surface area (Å²) in [5.74, 6) is 0.811. The van der Waals surface area contributed by atoms with Crippen LogP contribution < -0.4 is 4.74 Å². The third kappa shape index (κ3) is 4.54. The Morgan fingerprint density at radius 3 is 2.45 bits per heavy atom. The first-order valence-electron chi connectivity index (χ1n) is 9.20. The summed E-state index contributed by atoms with van der Waals surface area (Å²) in [6.45, 7) is 1.98. The number of ether oxygens (including phenoxy) is 1. The molecule has 2 aromatic carbocycles. The van der Waals surface area contributed by atoms with E-state index in [1.165, 1.54) is 4.90 Å². The third-order valence-electron chi connectivity index (χ3n) is 5.17. The summed E-state index contributed by atoms with van der Waals surface area (Å²) in [7, 11) is 0. The minimum atomic E-state index is -0.891. The summed E-state index contributed by atoms with van der Waals surface area (Å²) in [6, 6.07) is 13.3. The molecule has 0 saturated heterocycles. The van der Waals surface area contributed by atoms with Crippen LogP contribution in [0.1, 0.15) is 11.3 Å². The predicted molar refractivity (Wildman–Crippen MR) is 118 cm³/mol. The molecule has 0 atom stereocenters. The number of hydrogen-bond acceptors (Lipinski definition) is 2. The molecule has 0 aliphatic carbocycles. The second-order valence-electron chi connectivity index (χ2n) is 6.76. The van der Waals surface area contributed by atoms with Crippen LogP contribution in [-0.4, -0.2) is 69.9 Å². The van der Waals surface area contributed by atoms with Crippen molar-refractivity contribution < 1.29 is 14.6 Å².